The first-order valence-electron chi connectivity index (χ1n) is 11.7. The van der Waals surface area contributed by atoms with Gasteiger partial charge in [-0.2, -0.15) is 0 Å². The molecule has 4 aliphatic rings. The molecule has 4 aliphatic heterocycles. The molecule has 2 aromatic heterocycles. The van der Waals surface area contributed by atoms with E-state index < -0.39 is 67.2 Å². The zero-order chi connectivity index (χ0) is 26.8. The number of aryl methyl sites for hydroxylation is 1. The fourth-order valence-electron chi connectivity index (χ4n) is 5.02. The first-order valence-corrected chi connectivity index (χ1v) is 18.4. The van der Waals surface area contributed by atoms with Gasteiger partial charge in [-0.3, -0.25) is 18.1 Å². The number of fused-ring (bicyclic) bond motifs is 3. The van der Waals surface area contributed by atoms with Crippen LogP contribution in [0, 0.1) is 0 Å². The number of rotatable bonds is 1. The molecule has 10 atom stereocenters. The van der Waals surface area contributed by atoms with Gasteiger partial charge in [-0.15, -0.1) is 0 Å². The van der Waals surface area contributed by atoms with E-state index in [1.807, 2.05) is 28.8 Å². The highest BCUT2D eigenvalue weighted by atomic mass is 127. The van der Waals surface area contributed by atoms with Crippen molar-refractivity contribution in [1.29, 1.82) is 0 Å². The third-order valence-electron chi connectivity index (χ3n) is 6.78. The van der Waals surface area contributed by atoms with Crippen molar-refractivity contribution in [1.82, 2.24) is 14.5 Å². The Morgan fingerprint density at radius 3 is 2.50 bits per heavy atom. The number of aliphatic hydroxyl groups excluding tert-OH is 2. The minimum Gasteiger partial charge on any atom is -0.387 e. The Labute approximate surface area is 241 Å². The number of nitrogens with zero attached hydrogens (tertiary/aromatic N) is 3. The van der Waals surface area contributed by atoms with Gasteiger partial charge < -0.3 is 29.6 Å². The minimum atomic E-state index is -4.11. The van der Waals surface area contributed by atoms with Crippen molar-refractivity contribution in [3.05, 3.63) is 18.1 Å². The van der Waals surface area contributed by atoms with E-state index >= 15 is 0 Å². The number of nitrogens with one attached hydrogen (secondary N) is 1. The molecule has 1 unspecified atom stereocenters. The molecule has 0 saturated carbocycles. The molecule has 210 valence electrons. The van der Waals surface area contributed by atoms with Gasteiger partial charge in [0.2, 0.25) is 0 Å². The molecule has 0 radical (unpaired) electrons. The monoisotopic (exact) mass is 722 g/mol. The van der Waals surface area contributed by atoms with Crippen LogP contribution < -0.4 is 5.32 Å². The lowest BCUT2D eigenvalue weighted by Crippen LogP contribution is -2.35. The minimum absolute atomic E-state index is 0.366. The van der Waals surface area contributed by atoms with Crippen LogP contribution in [0.2, 0.25) is 0 Å². The van der Waals surface area contributed by atoms with E-state index in [1.54, 1.807) is 4.57 Å². The lowest BCUT2D eigenvalue weighted by Gasteiger charge is -2.25. The number of aliphatic hydroxyl groups is 2. The number of alkyl halides is 1. The van der Waals surface area contributed by atoms with Gasteiger partial charge in [0.25, 0.3) is 0 Å². The number of anilines is 1. The Bertz CT molecular complexity index is 1320. The Morgan fingerprint density at radius 1 is 1.03 bits per heavy atom. The molecule has 19 heteroatoms. The van der Waals surface area contributed by atoms with Crippen LogP contribution in [0.15, 0.2) is 12.5 Å². The summed E-state index contributed by atoms with van der Waals surface area (Å²) in [5, 5.41) is 26.0. The SMILES string of the molecule is O=[P@]1(S)OC[C@H]2O[C@@H](n3cc4c5c(ncnc53)NCCC4)[C@H](O)[C@@H]2O[P@@](=O)(S)OCC2O[C@@H](I)[C@H](O1)[C@@H]2O. The van der Waals surface area contributed by atoms with Gasteiger partial charge >= 0.3 is 13.6 Å². The van der Waals surface area contributed by atoms with E-state index in [1.165, 1.54) is 6.33 Å². The van der Waals surface area contributed by atoms with E-state index in [-0.39, 0.29) is 6.61 Å². The fourth-order valence-corrected chi connectivity index (χ4v) is 9.16. The Balaban J connectivity index is 1.33. The third kappa shape index (κ3) is 5.32. The molecule has 3 fully saturated rings. The summed E-state index contributed by atoms with van der Waals surface area (Å²) in [5.74, 6) is 0.685. The Morgan fingerprint density at radius 2 is 1.74 bits per heavy atom. The number of aromatic nitrogens is 3. The first-order chi connectivity index (χ1) is 18.0. The summed E-state index contributed by atoms with van der Waals surface area (Å²) in [7, 11) is 0. The highest BCUT2D eigenvalue weighted by Crippen LogP contribution is 2.59. The van der Waals surface area contributed by atoms with E-state index in [2.05, 4.69) is 39.8 Å². The second-order valence-electron chi connectivity index (χ2n) is 9.25. The van der Waals surface area contributed by atoms with E-state index in [0.29, 0.717) is 11.5 Å². The lowest BCUT2D eigenvalue weighted by atomic mass is 10.1. The van der Waals surface area contributed by atoms with Crippen molar-refractivity contribution < 1.29 is 46.9 Å². The maximum atomic E-state index is 13.2. The van der Waals surface area contributed by atoms with Gasteiger partial charge in [-0.05, 0) is 41.0 Å². The molecule has 6 rings (SSSR count). The maximum Gasteiger partial charge on any atom is 0.386 e. The van der Waals surface area contributed by atoms with E-state index in [4.69, 9.17) is 27.6 Å². The third-order valence-corrected chi connectivity index (χ3v) is 11.0. The maximum absolute atomic E-state index is 13.2. The molecular weight excluding hydrogens is 697 g/mol. The molecule has 0 aliphatic carbocycles. The zero-order valence-corrected chi connectivity index (χ0v) is 25.2. The molecular formula is C19H25IN4O10P2S2. The van der Waals surface area contributed by atoms with Crippen LogP contribution in [0.4, 0.5) is 5.82 Å². The average Bonchev–Trinajstić information content (AvgIpc) is 3.39. The number of ether oxygens (including phenoxy) is 2. The normalized spacial score (nSPS) is 43.9. The highest BCUT2D eigenvalue weighted by molar-refractivity contribution is 14.1. The smallest absolute Gasteiger partial charge is 0.386 e. The van der Waals surface area contributed by atoms with Crippen molar-refractivity contribution in [3.8, 4) is 0 Å². The fraction of sp³-hybridized carbons (Fsp3) is 0.684. The van der Waals surface area contributed by atoms with Gasteiger partial charge in [0.1, 0.15) is 58.5 Å². The molecule has 6 heterocycles. The summed E-state index contributed by atoms with van der Waals surface area (Å²) in [6.07, 6.45) is -3.18. The lowest BCUT2D eigenvalue weighted by molar-refractivity contribution is -0.0489. The predicted octanol–water partition coefficient (Wildman–Crippen LogP) is 2.46. The van der Waals surface area contributed by atoms with Crippen molar-refractivity contribution in [2.45, 2.75) is 59.8 Å². The van der Waals surface area contributed by atoms with Crippen LogP contribution in [0.3, 0.4) is 0 Å². The standard InChI is InChI=1S/C19H25IN4O10P2S2/c20-16-15-12(25)9(31-16)5-29-35(27,37)33-14-10(6-30-36(28,38)34-15)32-19(13(14)26)24-4-8-2-1-3-21-17-11(8)18(24)23-7-22-17/h4,7,9-10,12-16,19,25-26H,1-3,5-6H2,(H,27,37)(H,28,38)(H,21,22,23)/t9?,10-,12-,13-,14-,15-,16-,19-,35+,36+/m1/s1. The quantitative estimate of drug-likeness (QED) is 0.126. The second kappa shape index (κ2) is 10.7. The van der Waals surface area contributed by atoms with E-state index in [9.17, 15) is 19.3 Å². The summed E-state index contributed by atoms with van der Waals surface area (Å²) in [5.41, 5.74) is 1.51. The van der Waals surface area contributed by atoms with Crippen molar-refractivity contribution in [2.24, 2.45) is 0 Å². The van der Waals surface area contributed by atoms with Crippen LogP contribution in [-0.4, -0.2) is 85.2 Å². The van der Waals surface area contributed by atoms with Gasteiger partial charge in [0, 0.05) is 12.7 Å². The summed E-state index contributed by atoms with van der Waals surface area (Å²) in [6.45, 7) is -8.17. The van der Waals surface area contributed by atoms with Crippen LogP contribution in [0.1, 0.15) is 18.2 Å². The predicted molar refractivity (Wildman–Crippen MR) is 148 cm³/mol. The number of halogens is 1. The van der Waals surface area contributed by atoms with Crippen LogP contribution >= 0.6 is 60.7 Å². The summed E-state index contributed by atoms with van der Waals surface area (Å²) in [4.78, 5) is 8.75. The molecule has 3 N–H and O–H groups in total. The second-order valence-corrected chi connectivity index (χ2v) is 16.2. The van der Waals surface area contributed by atoms with Crippen LogP contribution in [-0.2, 0) is 43.1 Å². The molecule has 14 nitrogen and oxygen atoms in total. The molecule has 2 aromatic rings. The Kier molecular flexibility index (Phi) is 7.90. The topological polar surface area (TPSA) is 173 Å². The molecule has 0 aromatic carbocycles. The average molecular weight is 722 g/mol. The van der Waals surface area contributed by atoms with Crippen molar-refractivity contribution in [3.63, 3.8) is 0 Å². The molecule has 3 saturated heterocycles. The summed E-state index contributed by atoms with van der Waals surface area (Å²) >= 11 is 9.97. The van der Waals surface area contributed by atoms with Crippen molar-refractivity contribution >= 4 is 77.5 Å². The summed E-state index contributed by atoms with van der Waals surface area (Å²) < 4.78 is 60.9. The number of thiol groups is 2. The van der Waals surface area contributed by atoms with Gasteiger partial charge in [-0.1, -0.05) is 24.5 Å². The molecule has 0 amide bonds. The van der Waals surface area contributed by atoms with Gasteiger partial charge in [0.15, 0.2) is 6.23 Å². The molecule has 0 spiro atoms. The zero-order valence-electron chi connectivity index (χ0n) is 19.5. The highest BCUT2D eigenvalue weighted by Gasteiger charge is 2.52. The largest absolute Gasteiger partial charge is 0.387 e. The van der Waals surface area contributed by atoms with E-state index in [0.717, 1.165) is 30.3 Å². The molecule has 38 heavy (non-hydrogen) atoms. The van der Waals surface area contributed by atoms with Crippen LogP contribution in [0.5, 0.6) is 0 Å². The van der Waals surface area contributed by atoms with Crippen molar-refractivity contribution in [2.75, 3.05) is 25.1 Å². The van der Waals surface area contributed by atoms with Gasteiger partial charge in [-0.25, -0.2) is 19.1 Å². The Hall–Kier alpha value is -0.0100. The van der Waals surface area contributed by atoms with Crippen LogP contribution in [0.25, 0.3) is 11.0 Å². The molecule has 2 bridgehead atoms. The number of hydrogen-bond acceptors (Lipinski definition) is 13. The summed E-state index contributed by atoms with van der Waals surface area (Å²) in [6, 6.07) is 0. The number of hydrogen-bond donors (Lipinski definition) is 5. The first kappa shape index (κ1) is 28.1. The van der Waals surface area contributed by atoms with Gasteiger partial charge in [0.05, 0.1) is 18.6 Å².